The van der Waals surface area contributed by atoms with Crippen LogP contribution in [0, 0.1) is 0 Å². The summed E-state index contributed by atoms with van der Waals surface area (Å²) in [6.07, 6.45) is 4.42. The summed E-state index contributed by atoms with van der Waals surface area (Å²) in [6.45, 7) is 0. The zero-order chi connectivity index (χ0) is 11.9. The van der Waals surface area contributed by atoms with E-state index >= 15 is 0 Å². The Bertz CT molecular complexity index is 469. The smallest absolute Gasteiger partial charge is 0.120 e. The van der Waals surface area contributed by atoms with Crippen LogP contribution in [-0.2, 0) is 4.74 Å². The number of methoxy groups -OCH3 is 1. The average Bonchev–Trinajstić information content (AvgIpc) is 2.69. The molecule has 0 bridgehead atoms. The number of hydrogen-bond donors (Lipinski definition) is 1. The summed E-state index contributed by atoms with van der Waals surface area (Å²) in [4.78, 5) is 0. The van der Waals surface area contributed by atoms with Gasteiger partial charge in [0, 0.05) is 18.6 Å². The number of fused-ring (bicyclic) bond motifs is 3. The molecule has 0 amide bonds. The predicted molar refractivity (Wildman–Crippen MR) is 65.7 cm³/mol. The van der Waals surface area contributed by atoms with Gasteiger partial charge in [0.1, 0.15) is 11.3 Å². The Morgan fingerprint density at radius 2 is 2.18 bits per heavy atom. The second-order valence-corrected chi connectivity index (χ2v) is 4.93. The Kier molecular flexibility index (Phi) is 2.44. The van der Waals surface area contributed by atoms with E-state index in [2.05, 4.69) is 11.2 Å². The minimum absolute atomic E-state index is 0.350. The van der Waals surface area contributed by atoms with Gasteiger partial charge in [-0.1, -0.05) is 42.3 Å². The second kappa shape index (κ2) is 3.84. The van der Waals surface area contributed by atoms with Gasteiger partial charge in [-0.25, -0.2) is 0 Å². The van der Waals surface area contributed by atoms with Gasteiger partial charge in [0.25, 0.3) is 0 Å². The molecular weight excluding hydrogens is 214 g/mol. The summed E-state index contributed by atoms with van der Waals surface area (Å²) in [7, 11) is 1.73. The van der Waals surface area contributed by atoms with E-state index in [1.165, 1.54) is 12.0 Å². The molecule has 0 aromatic heterocycles. The maximum atomic E-state index is 9.36. The predicted octanol–water partition coefficient (Wildman–Crippen LogP) is 2.92. The van der Waals surface area contributed by atoms with E-state index in [-0.39, 0.29) is 0 Å². The van der Waals surface area contributed by atoms with Crippen LogP contribution in [0.2, 0.25) is 0 Å². The van der Waals surface area contributed by atoms with Crippen molar-refractivity contribution < 1.29 is 9.94 Å². The first-order chi connectivity index (χ1) is 8.33. The molecule has 3 rings (SSSR count). The number of nitrogens with zero attached hydrogens (tertiary/aromatic N) is 1. The number of hydrogen-bond acceptors (Lipinski definition) is 3. The first kappa shape index (κ1) is 10.8. The molecule has 90 valence electrons. The van der Waals surface area contributed by atoms with Gasteiger partial charge in [0.2, 0.25) is 0 Å². The van der Waals surface area contributed by atoms with Gasteiger partial charge in [0.15, 0.2) is 0 Å². The molecule has 1 aromatic rings. The molecule has 0 radical (unpaired) electrons. The van der Waals surface area contributed by atoms with Crippen molar-refractivity contribution >= 4 is 5.71 Å². The van der Waals surface area contributed by atoms with E-state index in [4.69, 9.17) is 4.74 Å². The zero-order valence-corrected chi connectivity index (χ0v) is 10.0. The first-order valence-electron chi connectivity index (χ1n) is 6.20. The third-order valence-electron chi connectivity index (χ3n) is 4.31. The second-order valence-electron chi connectivity index (χ2n) is 4.93. The molecule has 0 aliphatic heterocycles. The largest absolute Gasteiger partial charge is 0.411 e. The Balaban J connectivity index is 2.21. The summed E-state index contributed by atoms with van der Waals surface area (Å²) in [5.74, 6) is 0.350. The highest BCUT2D eigenvalue weighted by Crippen LogP contribution is 2.51. The summed E-state index contributed by atoms with van der Waals surface area (Å²) in [6, 6.07) is 8.21. The van der Waals surface area contributed by atoms with Gasteiger partial charge in [-0.3, -0.25) is 0 Å². The van der Waals surface area contributed by atoms with Crippen molar-refractivity contribution in [2.45, 2.75) is 37.2 Å². The number of benzene rings is 1. The molecule has 2 aliphatic rings. The topological polar surface area (TPSA) is 41.8 Å². The lowest BCUT2D eigenvalue weighted by Gasteiger charge is -2.38. The molecule has 0 spiro atoms. The van der Waals surface area contributed by atoms with Crippen molar-refractivity contribution in [2.75, 3.05) is 7.11 Å². The van der Waals surface area contributed by atoms with Crippen LogP contribution < -0.4 is 0 Å². The fraction of sp³-hybridized carbons (Fsp3) is 0.500. The summed E-state index contributed by atoms with van der Waals surface area (Å²) < 4.78 is 5.80. The molecule has 2 atom stereocenters. The van der Waals surface area contributed by atoms with Gasteiger partial charge in [-0.2, -0.15) is 0 Å². The van der Waals surface area contributed by atoms with Gasteiger partial charge in [-0.05, 0) is 18.4 Å². The van der Waals surface area contributed by atoms with E-state index in [0.717, 1.165) is 30.5 Å². The SMILES string of the molecule is CO[C@]12CCCC[C@H]1c1ccccc1/C2=N\O. The summed E-state index contributed by atoms with van der Waals surface area (Å²) in [5, 5.41) is 12.9. The van der Waals surface area contributed by atoms with Crippen LogP contribution in [0.25, 0.3) is 0 Å². The van der Waals surface area contributed by atoms with Crippen molar-refractivity contribution in [1.29, 1.82) is 0 Å². The Morgan fingerprint density at radius 1 is 1.35 bits per heavy atom. The highest BCUT2D eigenvalue weighted by Gasteiger charge is 2.52. The first-order valence-corrected chi connectivity index (χ1v) is 6.20. The summed E-state index contributed by atoms with van der Waals surface area (Å²) in [5.41, 5.74) is 2.67. The van der Waals surface area contributed by atoms with E-state index in [9.17, 15) is 5.21 Å². The average molecular weight is 231 g/mol. The minimum atomic E-state index is -0.392. The van der Waals surface area contributed by atoms with Crippen molar-refractivity contribution in [3.63, 3.8) is 0 Å². The van der Waals surface area contributed by atoms with Gasteiger partial charge < -0.3 is 9.94 Å². The van der Waals surface area contributed by atoms with Crippen LogP contribution in [0.1, 0.15) is 42.7 Å². The quantitative estimate of drug-likeness (QED) is 0.596. The molecule has 1 saturated carbocycles. The highest BCUT2D eigenvalue weighted by molar-refractivity contribution is 6.11. The maximum Gasteiger partial charge on any atom is 0.120 e. The standard InChI is InChI=1S/C14H17NO2/c1-17-14-9-5-4-8-12(14)10-6-2-3-7-11(10)13(14)15-16/h2-3,6-7,12,16H,4-5,8-9H2,1H3/b15-13+/t12-,14+/m0/s1. The Labute approximate surface area is 101 Å². The number of ether oxygens (including phenoxy) is 1. The minimum Gasteiger partial charge on any atom is -0.411 e. The molecule has 0 unspecified atom stereocenters. The fourth-order valence-corrected chi connectivity index (χ4v) is 3.56. The third kappa shape index (κ3) is 1.29. The number of oxime groups is 1. The van der Waals surface area contributed by atoms with Crippen molar-refractivity contribution in [1.82, 2.24) is 0 Å². The molecule has 1 fully saturated rings. The maximum absolute atomic E-state index is 9.36. The third-order valence-corrected chi connectivity index (χ3v) is 4.31. The molecule has 17 heavy (non-hydrogen) atoms. The van der Waals surface area contributed by atoms with Crippen LogP contribution in [0.15, 0.2) is 29.4 Å². The lowest BCUT2D eigenvalue weighted by Crippen LogP contribution is -2.44. The molecule has 3 nitrogen and oxygen atoms in total. The highest BCUT2D eigenvalue weighted by atomic mass is 16.5. The van der Waals surface area contributed by atoms with Crippen molar-refractivity contribution in [2.24, 2.45) is 5.16 Å². The van der Waals surface area contributed by atoms with Crippen molar-refractivity contribution in [3.8, 4) is 0 Å². The van der Waals surface area contributed by atoms with Gasteiger partial charge in [0.05, 0.1) is 0 Å². The molecule has 1 N–H and O–H groups in total. The Morgan fingerprint density at radius 3 is 2.94 bits per heavy atom. The zero-order valence-electron chi connectivity index (χ0n) is 10.0. The van der Waals surface area contributed by atoms with E-state index in [1.807, 2.05) is 18.2 Å². The van der Waals surface area contributed by atoms with E-state index in [1.54, 1.807) is 7.11 Å². The van der Waals surface area contributed by atoms with E-state index in [0.29, 0.717) is 5.92 Å². The van der Waals surface area contributed by atoms with Crippen LogP contribution in [-0.4, -0.2) is 23.6 Å². The fourth-order valence-electron chi connectivity index (χ4n) is 3.56. The van der Waals surface area contributed by atoms with Gasteiger partial charge in [-0.15, -0.1) is 0 Å². The van der Waals surface area contributed by atoms with Crippen LogP contribution in [0.3, 0.4) is 0 Å². The van der Waals surface area contributed by atoms with E-state index < -0.39 is 5.60 Å². The van der Waals surface area contributed by atoms with Crippen LogP contribution in [0.5, 0.6) is 0 Å². The molecule has 2 aliphatic carbocycles. The Hall–Kier alpha value is -1.35. The lowest BCUT2D eigenvalue weighted by atomic mass is 9.75. The molecule has 0 saturated heterocycles. The number of rotatable bonds is 1. The van der Waals surface area contributed by atoms with Crippen LogP contribution in [0.4, 0.5) is 0 Å². The molecule has 1 aromatic carbocycles. The lowest BCUT2D eigenvalue weighted by molar-refractivity contribution is 0.00428. The molecule has 3 heteroatoms. The van der Waals surface area contributed by atoms with Crippen molar-refractivity contribution in [3.05, 3.63) is 35.4 Å². The van der Waals surface area contributed by atoms with Gasteiger partial charge >= 0.3 is 0 Å². The van der Waals surface area contributed by atoms with Crippen LogP contribution >= 0.6 is 0 Å². The summed E-state index contributed by atoms with van der Waals surface area (Å²) >= 11 is 0. The monoisotopic (exact) mass is 231 g/mol. The molecular formula is C14H17NO2. The molecule has 0 heterocycles. The normalized spacial score (nSPS) is 33.5.